The van der Waals surface area contributed by atoms with Gasteiger partial charge in [-0.1, -0.05) is 0 Å². The van der Waals surface area contributed by atoms with E-state index in [0.29, 0.717) is 6.42 Å². The van der Waals surface area contributed by atoms with Gasteiger partial charge in [0.1, 0.15) is 0 Å². The average molecular weight is 155 g/mol. The van der Waals surface area contributed by atoms with Crippen molar-refractivity contribution in [3.63, 3.8) is 0 Å². The summed E-state index contributed by atoms with van der Waals surface area (Å²) in [7, 11) is 0. The monoisotopic (exact) mass is 155 g/mol. The molecular formula is C8H13NO2. The Morgan fingerprint density at radius 1 is 1.45 bits per heavy atom. The first kappa shape index (κ1) is 7.10. The Bertz CT molecular complexity index is 173. The fraction of sp³-hybridized carbons (Fsp3) is 0.875. The molecule has 3 heteroatoms. The molecule has 3 nitrogen and oxygen atoms in total. The molecule has 2 saturated heterocycles. The molecular weight excluding hydrogens is 142 g/mol. The summed E-state index contributed by atoms with van der Waals surface area (Å²) in [4.78, 5) is 11.0. The van der Waals surface area contributed by atoms with Gasteiger partial charge in [0.15, 0.2) is 0 Å². The van der Waals surface area contributed by atoms with E-state index in [-0.39, 0.29) is 11.5 Å². The summed E-state index contributed by atoms with van der Waals surface area (Å²) in [6.45, 7) is 1.63. The van der Waals surface area contributed by atoms with Crippen molar-refractivity contribution in [2.75, 3.05) is 13.2 Å². The summed E-state index contributed by atoms with van der Waals surface area (Å²) >= 11 is 0. The standard InChI is InChI=1S/C8H13NO2/c10-7-6-8(3-4-9-7)2-1-5-11-8/h1-6H2,(H,9,10). The minimum absolute atomic E-state index is 0.0671. The molecule has 0 radical (unpaired) electrons. The summed E-state index contributed by atoms with van der Waals surface area (Å²) in [5.41, 5.74) is -0.0671. The summed E-state index contributed by atoms with van der Waals surface area (Å²) in [6, 6.07) is 0. The lowest BCUT2D eigenvalue weighted by atomic mass is 9.89. The maximum Gasteiger partial charge on any atom is 0.222 e. The van der Waals surface area contributed by atoms with Crippen LogP contribution in [0.25, 0.3) is 0 Å². The minimum Gasteiger partial charge on any atom is -0.374 e. The predicted molar refractivity (Wildman–Crippen MR) is 40.2 cm³/mol. The van der Waals surface area contributed by atoms with Gasteiger partial charge in [0.05, 0.1) is 12.0 Å². The van der Waals surface area contributed by atoms with Crippen LogP contribution in [0, 0.1) is 0 Å². The van der Waals surface area contributed by atoms with E-state index in [4.69, 9.17) is 4.74 Å². The van der Waals surface area contributed by atoms with E-state index in [0.717, 1.165) is 32.4 Å². The number of amides is 1. The number of hydrogen-bond acceptors (Lipinski definition) is 2. The highest BCUT2D eigenvalue weighted by atomic mass is 16.5. The SMILES string of the molecule is O=C1CC2(CCCO2)CCN1. The van der Waals surface area contributed by atoms with Crippen molar-refractivity contribution in [2.45, 2.75) is 31.3 Å². The molecule has 1 spiro atoms. The Morgan fingerprint density at radius 2 is 2.36 bits per heavy atom. The molecule has 1 amide bonds. The van der Waals surface area contributed by atoms with Gasteiger partial charge in [-0.25, -0.2) is 0 Å². The van der Waals surface area contributed by atoms with Crippen LogP contribution in [0.1, 0.15) is 25.7 Å². The highest BCUT2D eigenvalue weighted by Gasteiger charge is 2.39. The van der Waals surface area contributed by atoms with Crippen LogP contribution < -0.4 is 5.32 Å². The fourth-order valence-corrected chi connectivity index (χ4v) is 1.96. The summed E-state index contributed by atoms with van der Waals surface area (Å²) in [6.07, 6.45) is 3.76. The molecule has 2 aliphatic rings. The number of nitrogens with one attached hydrogen (secondary N) is 1. The highest BCUT2D eigenvalue weighted by Crippen LogP contribution is 2.33. The van der Waals surface area contributed by atoms with Crippen molar-refractivity contribution in [1.82, 2.24) is 5.32 Å². The van der Waals surface area contributed by atoms with Crippen molar-refractivity contribution in [3.05, 3.63) is 0 Å². The second-order valence-corrected chi connectivity index (χ2v) is 3.41. The Balaban J connectivity index is 2.05. The molecule has 2 aliphatic heterocycles. The summed E-state index contributed by atoms with van der Waals surface area (Å²) in [5.74, 6) is 0.151. The number of carbonyl (C=O) groups excluding carboxylic acids is 1. The van der Waals surface area contributed by atoms with E-state index in [1.807, 2.05) is 0 Å². The fourth-order valence-electron chi connectivity index (χ4n) is 1.96. The number of ether oxygens (including phenoxy) is 1. The molecule has 0 aromatic carbocycles. The van der Waals surface area contributed by atoms with Gasteiger partial charge in [-0.15, -0.1) is 0 Å². The Kier molecular flexibility index (Phi) is 1.60. The Hall–Kier alpha value is -0.570. The zero-order chi connectivity index (χ0) is 7.73. The number of rotatable bonds is 0. The maximum atomic E-state index is 11.0. The van der Waals surface area contributed by atoms with Crippen LogP contribution in [0.3, 0.4) is 0 Å². The van der Waals surface area contributed by atoms with Crippen LogP contribution in [-0.2, 0) is 9.53 Å². The second kappa shape index (κ2) is 2.48. The molecule has 0 aliphatic carbocycles. The van der Waals surface area contributed by atoms with Gasteiger partial charge in [-0.2, -0.15) is 0 Å². The molecule has 1 atom stereocenters. The third-order valence-electron chi connectivity index (χ3n) is 2.57. The van der Waals surface area contributed by atoms with Gasteiger partial charge in [-0.3, -0.25) is 4.79 Å². The second-order valence-electron chi connectivity index (χ2n) is 3.41. The number of carbonyl (C=O) groups is 1. The van der Waals surface area contributed by atoms with Crippen LogP contribution >= 0.6 is 0 Å². The van der Waals surface area contributed by atoms with Crippen LogP contribution in [-0.4, -0.2) is 24.7 Å². The van der Waals surface area contributed by atoms with E-state index in [1.165, 1.54) is 0 Å². The molecule has 0 bridgehead atoms. The van der Waals surface area contributed by atoms with Crippen LogP contribution in [0.15, 0.2) is 0 Å². The van der Waals surface area contributed by atoms with Crippen LogP contribution in [0.4, 0.5) is 0 Å². The quantitative estimate of drug-likeness (QED) is 0.551. The van der Waals surface area contributed by atoms with Gasteiger partial charge >= 0.3 is 0 Å². The van der Waals surface area contributed by atoms with E-state index in [2.05, 4.69) is 5.32 Å². The molecule has 0 aromatic rings. The topological polar surface area (TPSA) is 38.3 Å². The third kappa shape index (κ3) is 1.25. The molecule has 1 N–H and O–H groups in total. The molecule has 2 heterocycles. The van der Waals surface area contributed by atoms with Crippen LogP contribution in [0.2, 0.25) is 0 Å². The molecule has 11 heavy (non-hydrogen) atoms. The van der Waals surface area contributed by atoms with Crippen molar-refractivity contribution in [3.8, 4) is 0 Å². The smallest absolute Gasteiger partial charge is 0.222 e. The van der Waals surface area contributed by atoms with Gasteiger partial charge in [0, 0.05) is 13.2 Å². The molecule has 0 saturated carbocycles. The summed E-state index contributed by atoms with van der Waals surface area (Å²) < 4.78 is 5.59. The molecule has 0 aromatic heterocycles. The minimum atomic E-state index is -0.0671. The first-order valence-corrected chi connectivity index (χ1v) is 4.21. The Labute approximate surface area is 66.1 Å². The lowest BCUT2D eigenvalue weighted by Crippen LogP contribution is -2.44. The molecule has 2 fully saturated rings. The predicted octanol–water partition coefficient (Wildman–Crippen LogP) is 0.446. The van der Waals surface area contributed by atoms with Gasteiger partial charge in [-0.05, 0) is 19.3 Å². The zero-order valence-corrected chi connectivity index (χ0v) is 6.56. The lowest BCUT2D eigenvalue weighted by molar-refractivity contribution is -0.130. The first-order valence-electron chi connectivity index (χ1n) is 4.21. The number of piperidine rings is 1. The van der Waals surface area contributed by atoms with E-state index < -0.39 is 0 Å². The third-order valence-corrected chi connectivity index (χ3v) is 2.57. The van der Waals surface area contributed by atoms with Gasteiger partial charge in [0.25, 0.3) is 0 Å². The summed E-state index contributed by atoms with van der Waals surface area (Å²) in [5, 5.41) is 2.81. The van der Waals surface area contributed by atoms with Crippen molar-refractivity contribution in [2.24, 2.45) is 0 Å². The van der Waals surface area contributed by atoms with Gasteiger partial charge < -0.3 is 10.1 Å². The van der Waals surface area contributed by atoms with E-state index >= 15 is 0 Å². The lowest BCUT2D eigenvalue weighted by Gasteiger charge is -2.31. The largest absolute Gasteiger partial charge is 0.374 e. The highest BCUT2D eigenvalue weighted by molar-refractivity contribution is 5.78. The Morgan fingerprint density at radius 3 is 3.00 bits per heavy atom. The van der Waals surface area contributed by atoms with Crippen molar-refractivity contribution in [1.29, 1.82) is 0 Å². The maximum absolute atomic E-state index is 11.0. The molecule has 2 rings (SSSR count). The van der Waals surface area contributed by atoms with Crippen molar-refractivity contribution >= 4 is 5.91 Å². The molecule has 62 valence electrons. The van der Waals surface area contributed by atoms with Crippen LogP contribution in [0.5, 0.6) is 0 Å². The normalized spacial score (nSPS) is 37.6. The van der Waals surface area contributed by atoms with Gasteiger partial charge in [0.2, 0.25) is 5.91 Å². The van der Waals surface area contributed by atoms with E-state index in [1.54, 1.807) is 0 Å². The zero-order valence-electron chi connectivity index (χ0n) is 6.56. The molecule has 1 unspecified atom stereocenters. The van der Waals surface area contributed by atoms with Crippen molar-refractivity contribution < 1.29 is 9.53 Å². The van der Waals surface area contributed by atoms with E-state index in [9.17, 15) is 4.79 Å². The first-order chi connectivity index (χ1) is 5.31. The number of hydrogen-bond donors (Lipinski definition) is 1. The average Bonchev–Trinajstić information content (AvgIpc) is 2.37.